The van der Waals surface area contributed by atoms with Gasteiger partial charge < -0.3 is 17.7 Å². The molecule has 7 heavy (non-hydrogen) atoms. The Kier molecular flexibility index (Phi) is 18.1. The molecule has 0 atom stereocenters. The molecule has 38 valence electrons. The van der Waals surface area contributed by atoms with Gasteiger partial charge in [-0.2, -0.15) is 5.75 Å². The second kappa shape index (κ2) is 10.8. The first-order valence-electron chi connectivity index (χ1n) is 2.10. The predicted molar refractivity (Wildman–Crippen MR) is 28.6 cm³/mol. The number of aliphatic hydroxyl groups excluding tert-OH is 1. The van der Waals surface area contributed by atoms with Gasteiger partial charge in [-0.15, -0.1) is 0 Å². The Morgan fingerprint density at radius 3 is 2.00 bits per heavy atom. The van der Waals surface area contributed by atoms with Crippen LogP contribution in [0.4, 0.5) is 0 Å². The van der Waals surface area contributed by atoms with Crippen LogP contribution in [0.5, 0.6) is 0 Å². The molecular formula is C4H9KOS. The summed E-state index contributed by atoms with van der Waals surface area (Å²) in [5.74, 6) is 0.778. The maximum absolute atomic E-state index is 8.15. The fourth-order valence-electron chi connectivity index (χ4n) is 0.214. The Labute approximate surface area is 92.7 Å². The Morgan fingerprint density at radius 1 is 1.29 bits per heavy atom. The molecule has 0 rings (SSSR count). The molecule has 0 fully saturated rings. The van der Waals surface area contributed by atoms with E-state index in [1.54, 1.807) is 0 Å². The molecule has 1 N–H and O–H groups in total. The van der Waals surface area contributed by atoms with Gasteiger partial charge in [0.25, 0.3) is 0 Å². The summed E-state index contributed by atoms with van der Waals surface area (Å²) in [6.07, 6.45) is 1.84. The van der Waals surface area contributed by atoms with Gasteiger partial charge in [-0.3, -0.25) is 0 Å². The third kappa shape index (κ3) is 11.5. The second-order valence-electron chi connectivity index (χ2n) is 1.13. The monoisotopic (exact) mass is 144 g/mol. The van der Waals surface area contributed by atoms with Gasteiger partial charge in [-0.05, 0) is 6.42 Å². The molecule has 0 bridgehead atoms. The van der Waals surface area contributed by atoms with Gasteiger partial charge in [0.05, 0.1) is 0 Å². The molecule has 0 spiro atoms. The molecule has 0 aromatic carbocycles. The zero-order valence-electron chi connectivity index (χ0n) is 4.68. The number of aliphatic hydroxyl groups is 1. The minimum atomic E-state index is 0. The second-order valence-corrected chi connectivity index (χ2v) is 1.54. The number of hydrogen-bond acceptors (Lipinski definition) is 2. The first kappa shape index (κ1) is 11.7. The van der Waals surface area contributed by atoms with E-state index in [2.05, 4.69) is 12.6 Å². The molecule has 0 saturated heterocycles. The standard InChI is InChI=1S/C4H10OS.K/c5-3-1-2-4-6;/h5-6H,1-4H2;/q;+1/p-1. The third-order valence-corrected chi connectivity index (χ3v) is 0.841. The normalized spacial score (nSPS) is 7.71. The van der Waals surface area contributed by atoms with Crippen molar-refractivity contribution in [2.24, 2.45) is 0 Å². The number of rotatable bonds is 3. The molecule has 0 aromatic rings. The van der Waals surface area contributed by atoms with Gasteiger partial charge in [0, 0.05) is 6.61 Å². The van der Waals surface area contributed by atoms with E-state index in [1.165, 1.54) is 0 Å². The van der Waals surface area contributed by atoms with Crippen molar-refractivity contribution in [2.75, 3.05) is 12.4 Å². The van der Waals surface area contributed by atoms with Crippen LogP contribution in [0.1, 0.15) is 12.8 Å². The Bertz CT molecular complexity index is 23.7. The summed E-state index contributed by atoms with van der Waals surface area (Å²) in [6, 6.07) is 0. The summed E-state index contributed by atoms with van der Waals surface area (Å²) < 4.78 is 0. The summed E-state index contributed by atoms with van der Waals surface area (Å²) in [6.45, 7) is 0.288. The molecule has 0 radical (unpaired) electrons. The Hall–Kier alpha value is 1.95. The van der Waals surface area contributed by atoms with Crippen LogP contribution in [0.15, 0.2) is 0 Å². The fraction of sp³-hybridized carbons (Fsp3) is 1.00. The van der Waals surface area contributed by atoms with E-state index in [9.17, 15) is 0 Å². The molecule has 0 aliphatic carbocycles. The van der Waals surface area contributed by atoms with Crippen LogP contribution in [0.2, 0.25) is 0 Å². The molecule has 0 aliphatic rings. The topological polar surface area (TPSA) is 20.2 Å². The molecule has 0 unspecified atom stereocenters. The largest absolute Gasteiger partial charge is 1.00 e. The molecule has 3 heteroatoms. The van der Waals surface area contributed by atoms with Crippen LogP contribution < -0.4 is 51.4 Å². The maximum Gasteiger partial charge on any atom is 1.00 e. The molecular weight excluding hydrogens is 135 g/mol. The summed E-state index contributed by atoms with van der Waals surface area (Å²) >= 11 is 4.61. The van der Waals surface area contributed by atoms with E-state index in [-0.39, 0.29) is 58.0 Å². The van der Waals surface area contributed by atoms with Gasteiger partial charge in [-0.1, -0.05) is 6.42 Å². The zero-order valence-corrected chi connectivity index (χ0v) is 8.62. The summed E-state index contributed by atoms with van der Waals surface area (Å²) in [4.78, 5) is 0. The summed E-state index contributed by atoms with van der Waals surface area (Å²) in [7, 11) is 0. The van der Waals surface area contributed by atoms with Crippen molar-refractivity contribution < 1.29 is 56.5 Å². The van der Waals surface area contributed by atoms with Crippen molar-refractivity contribution in [1.82, 2.24) is 0 Å². The number of hydrogen-bond donors (Lipinski definition) is 1. The third-order valence-electron chi connectivity index (χ3n) is 0.552. The van der Waals surface area contributed by atoms with Gasteiger partial charge in [0.1, 0.15) is 0 Å². The maximum atomic E-state index is 8.15. The van der Waals surface area contributed by atoms with E-state index in [0.717, 1.165) is 18.6 Å². The van der Waals surface area contributed by atoms with Crippen LogP contribution in [0.3, 0.4) is 0 Å². The van der Waals surface area contributed by atoms with E-state index in [1.807, 2.05) is 0 Å². The predicted octanol–water partition coefficient (Wildman–Crippen LogP) is -2.69. The van der Waals surface area contributed by atoms with Crippen molar-refractivity contribution in [3.05, 3.63) is 0 Å². The van der Waals surface area contributed by atoms with Gasteiger partial charge in [-0.25, -0.2) is 0 Å². The van der Waals surface area contributed by atoms with Crippen LogP contribution in [0, 0.1) is 0 Å². The van der Waals surface area contributed by atoms with Gasteiger partial charge in [0.15, 0.2) is 0 Å². The fourth-order valence-corrected chi connectivity index (χ4v) is 0.418. The van der Waals surface area contributed by atoms with Crippen LogP contribution in [0.25, 0.3) is 0 Å². The molecule has 1 nitrogen and oxygen atoms in total. The molecule has 0 aromatic heterocycles. The Balaban J connectivity index is 0. The van der Waals surface area contributed by atoms with Gasteiger partial charge in [0.2, 0.25) is 0 Å². The van der Waals surface area contributed by atoms with Crippen molar-refractivity contribution in [3.8, 4) is 0 Å². The van der Waals surface area contributed by atoms with Crippen molar-refractivity contribution >= 4 is 12.6 Å². The Morgan fingerprint density at radius 2 is 1.86 bits per heavy atom. The smallest absolute Gasteiger partial charge is 0.793 e. The molecule has 0 heterocycles. The van der Waals surface area contributed by atoms with Crippen molar-refractivity contribution in [2.45, 2.75) is 12.8 Å². The number of unbranched alkanes of at least 4 members (excludes halogenated alkanes) is 1. The first-order valence-corrected chi connectivity index (χ1v) is 2.68. The average Bonchev–Trinajstić information content (AvgIpc) is 1.61. The van der Waals surface area contributed by atoms with E-state index < -0.39 is 0 Å². The zero-order chi connectivity index (χ0) is 4.83. The van der Waals surface area contributed by atoms with Crippen LogP contribution in [-0.4, -0.2) is 17.5 Å². The SMILES string of the molecule is OCCCC[S-].[K+]. The first-order chi connectivity index (χ1) is 2.91. The summed E-state index contributed by atoms with van der Waals surface area (Å²) in [5, 5.41) is 8.15. The summed E-state index contributed by atoms with van der Waals surface area (Å²) in [5.41, 5.74) is 0. The van der Waals surface area contributed by atoms with Crippen molar-refractivity contribution in [3.63, 3.8) is 0 Å². The van der Waals surface area contributed by atoms with Gasteiger partial charge >= 0.3 is 51.4 Å². The van der Waals surface area contributed by atoms with E-state index >= 15 is 0 Å². The van der Waals surface area contributed by atoms with Crippen molar-refractivity contribution in [1.29, 1.82) is 0 Å². The van der Waals surface area contributed by atoms with Crippen LogP contribution in [-0.2, 0) is 12.6 Å². The van der Waals surface area contributed by atoms with E-state index in [0.29, 0.717) is 0 Å². The quantitative estimate of drug-likeness (QED) is 0.264. The minimum absolute atomic E-state index is 0. The van der Waals surface area contributed by atoms with E-state index in [4.69, 9.17) is 5.11 Å². The molecule has 0 saturated carbocycles. The molecule has 0 aliphatic heterocycles. The average molecular weight is 144 g/mol. The minimum Gasteiger partial charge on any atom is -0.793 e. The molecule has 0 amide bonds. The van der Waals surface area contributed by atoms with Crippen LogP contribution >= 0.6 is 0 Å².